The lowest BCUT2D eigenvalue weighted by atomic mass is 10.0. The molecule has 0 saturated heterocycles. The van der Waals surface area contributed by atoms with Crippen LogP contribution in [0.2, 0.25) is 5.02 Å². The van der Waals surface area contributed by atoms with Crippen LogP contribution < -0.4 is 5.32 Å². The maximum Gasteiger partial charge on any atom is 0.257 e. The molecule has 3 nitrogen and oxygen atoms in total. The van der Waals surface area contributed by atoms with Gasteiger partial charge in [-0.25, -0.2) is 0 Å². The van der Waals surface area contributed by atoms with Gasteiger partial charge in [0.25, 0.3) is 5.91 Å². The average Bonchev–Trinajstić information content (AvgIpc) is 2.47. The minimum Gasteiger partial charge on any atom is -0.323 e. The van der Waals surface area contributed by atoms with Crippen molar-refractivity contribution in [2.45, 2.75) is 4.84 Å². The van der Waals surface area contributed by atoms with Crippen molar-refractivity contribution < 1.29 is 9.59 Å². The van der Waals surface area contributed by atoms with Crippen molar-refractivity contribution in [1.29, 1.82) is 0 Å². The topological polar surface area (TPSA) is 46.2 Å². The van der Waals surface area contributed by atoms with Crippen molar-refractivity contribution in [3.8, 4) is 0 Å². The molecule has 2 aromatic carbocycles. The Hall–Kier alpha value is -1.55. The number of carbonyl (C=O) groups is 2. The number of halogens is 3. The van der Waals surface area contributed by atoms with Crippen LogP contribution in [-0.2, 0) is 4.79 Å². The monoisotopic (exact) mass is 341 g/mol. The number of rotatable bonds is 4. The Morgan fingerprint density at radius 2 is 1.71 bits per heavy atom. The average molecular weight is 343 g/mol. The number of alkyl halides is 2. The van der Waals surface area contributed by atoms with E-state index in [4.69, 9.17) is 34.8 Å². The molecule has 108 valence electrons. The summed E-state index contributed by atoms with van der Waals surface area (Å²) in [4.78, 5) is 22.9. The molecule has 2 rings (SSSR count). The van der Waals surface area contributed by atoms with Crippen molar-refractivity contribution in [2.24, 2.45) is 0 Å². The highest BCUT2D eigenvalue weighted by molar-refractivity contribution is 6.54. The van der Waals surface area contributed by atoms with Gasteiger partial charge in [0.15, 0.2) is 10.6 Å². The van der Waals surface area contributed by atoms with Crippen LogP contribution in [0.1, 0.15) is 15.9 Å². The fraction of sp³-hybridized carbons (Fsp3) is 0.0667. The van der Waals surface area contributed by atoms with E-state index in [9.17, 15) is 9.59 Å². The Balaban J connectivity index is 2.36. The first-order valence-corrected chi connectivity index (χ1v) is 7.22. The molecule has 0 aliphatic heterocycles. The van der Waals surface area contributed by atoms with Crippen LogP contribution in [0.15, 0.2) is 48.5 Å². The lowest BCUT2D eigenvalue weighted by Crippen LogP contribution is -2.20. The summed E-state index contributed by atoms with van der Waals surface area (Å²) in [5, 5.41) is 2.98. The minimum atomic E-state index is -1.21. The third-order valence-electron chi connectivity index (χ3n) is 2.71. The molecular weight excluding hydrogens is 333 g/mol. The molecule has 0 bridgehead atoms. The van der Waals surface area contributed by atoms with E-state index in [0.29, 0.717) is 21.8 Å². The van der Waals surface area contributed by atoms with Crippen molar-refractivity contribution in [3.63, 3.8) is 0 Å². The molecule has 2 aromatic rings. The van der Waals surface area contributed by atoms with Gasteiger partial charge in [-0.2, -0.15) is 0 Å². The number of anilines is 1. The van der Waals surface area contributed by atoms with Gasteiger partial charge < -0.3 is 5.32 Å². The molecule has 0 aromatic heterocycles. The fourth-order valence-electron chi connectivity index (χ4n) is 1.76. The van der Waals surface area contributed by atoms with E-state index < -0.39 is 10.7 Å². The summed E-state index contributed by atoms with van der Waals surface area (Å²) in [6.45, 7) is 0. The summed E-state index contributed by atoms with van der Waals surface area (Å²) >= 11 is 16.9. The number of hydrogen-bond acceptors (Lipinski definition) is 2. The maximum atomic E-state index is 12.5. The number of ketones is 1. The predicted octanol–water partition coefficient (Wildman–Crippen LogP) is 4.31. The van der Waals surface area contributed by atoms with Crippen LogP contribution in [0.5, 0.6) is 0 Å². The van der Waals surface area contributed by atoms with E-state index in [-0.39, 0.29) is 5.78 Å². The van der Waals surface area contributed by atoms with E-state index in [1.165, 1.54) is 0 Å². The number of benzene rings is 2. The Kier molecular flexibility index (Phi) is 5.23. The normalized spacial score (nSPS) is 10.5. The Labute approximate surface area is 136 Å². The van der Waals surface area contributed by atoms with E-state index in [2.05, 4.69) is 5.32 Å². The highest BCUT2D eigenvalue weighted by atomic mass is 35.5. The van der Waals surface area contributed by atoms with Crippen LogP contribution in [0.4, 0.5) is 5.69 Å². The van der Waals surface area contributed by atoms with Gasteiger partial charge in [-0.3, -0.25) is 9.59 Å². The number of para-hydroxylation sites is 1. The smallest absolute Gasteiger partial charge is 0.257 e. The SMILES string of the molecule is O=C(c1cccc(Cl)c1)c1ccccc1NC(=O)C(Cl)Cl. The molecule has 0 radical (unpaired) electrons. The van der Waals surface area contributed by atoms with Gasteiger partial charge in [0.2, 0.25) is 0 Å². The highest BCUT2D eigenvalue weighted by Crippen LogP contribution is 2.22. The molecule has 21 heavy (non-hydrogen) atoms. The predicted molar refractivity (Wildman–Crippen MR) is 85.5 cm³/mol. The summed E-state index contributed by atoms with van der Waals surface area (Å²) in [6, 6.07) is 13.2. The van der Waals surface area contributed by atoms with E-state index in [0.717, 1.165) is 0 Å². The quantitative estimate of drug-likeness (QED) is 0.664. The van der Waals surface area contributed by atoms with Crippen molar-refractivity contribution in [3.05, 3.63) is 64.7 Å². The van der Waals surface area contributed by atoms with E-state index in [1.807, 2.05) is 0 Å². The zero-order valence-electron chi connectivity index (χ0n) is 10.6. The summed E-state index contributed by atoms with van der Waals surface area (Å²) in [5.74, 6) is -0.848. The van der Waals surface area contributed by atoms with E-state index >= 15 is 0 Å². The molecule has 0 aliphatic rings. The first-order chi connectivity index (χ1) is 9.99. The zero-order chi connectivity index (χ0) is 15.4. The van der Waals surface area contributed by atoms with Crippen LogP contribution in [-0.4, -0.2) is 16.5 Å². The molecule has 6 heteroatoms. The molecule has 0 spiro atoms. The second-order valence-corrected chi connectivity index (χ2v) is 5.71. The second kappa shape index (κ2) is 6.94. The molecule has 0 atom stereocenters. The number of hydrogen-bond donors (Lipinski definition) is 1. The van der Waals surface area contributed by atoms with Gasteiger partial charge in [-0.05, 0) is 24.3 Å². The fourth-order valence-corrected chi connectivity index (χ4v) is 2.06. The highest BCUT2D eigenvalue weighted by Gasteiger charge is 2.17. The lowest BCUT2D eigenvalue weighted by molar-refractivity contribution is -0.114. The van der Waals surface area contributed by atoms with Gasteiger partial charge in [0.05, 0.1) is 5.69 Å². The molecule has 0 aliphatic carbocycles. The van der Waals surface area contributed by atoms with Crippen molar-refractivity contribution in [2.75, 3.05) is 5.32 Å². The minimum absolute atomic E-state index is 0.255. The van der Waals surface area contributed by atoms with Gasteiger partial charge in [0.1, 0.15) is 0 Å². The summed E-state index contributed by atoms with van der Waals surface area (Å²) in [6.07, 6.45) is 0. The van der Waals surface area contributed by atoms with Crippen molar-refractivity contribution >= 4 is 52.2 Å². The van der Waals surface area contributed by atoms with Crippen LogP contribution >= 0.6 is 34.8 Å². The van der Waals surface area contributed by atoms with Gasteiger partial charge in [-0.1, -0.05) is 59.1 Å². The van der Waals surface area contributed by atoms with Gasteiger partial charge >= 0.3 is 0 Å². The van der Waals surface area contributed by atoms with Crippen LogP contribution in [0, 0.1) is 0 Å². The lowest BCUT2D eigenvalue weighted by Gasteiger charge is -2.10. The van der Waals surface area contributed by atoms with Gasteiger partial charge in [-0.15, -0.1) is 0 Å². The summed E-state index contributed by atoms with van der Waals surface area (Å²) < 4.78 is 0. The van der Waals surface area contributed by atoms with E-state index in [1.54, 1.807) is 48.5 Å². The third-order valence-corrected chi connectivity index (χ3v) is 3.35. The maximum absolute atomic E-state index is 12.5. The molecular formula is C15H10Cl3NO2. The Morgan fingerprint density at radius 3 is 2.38 bits per heavy atom. The molecule has 1 N–H and O–H groups in total. The van der Waals surface area contributed by atoms with Crippen LogP contribution in [0.25, 0.3) is 0 Å². The molecule has 0 saturated carbocycles. The Bertz CT molecular complexity index is 686. The Morgan fingerprint density at radius 1 is 1.00 bits per heavy atom. The largest absolute Gasteiger partial charge is 0.323 e. The summed E-state index contributed by atoms with van der Waals surface area (Å²) in [5.41, 5.74) is 1.11. The number of nitrogens with one attached hydrogen (secondary N) is 1. The van der Waals surface area contributed by atoms with Gasteiger partial charge in [0, 0.05) is 16.1 Å². The number of amides is 1. The van der Waals surface area contributed by atoms with Crippen LogP contribution in [0.3, 0.4) is 0 Å². The standard InChI is InChI=1S/C15H10Cl3NO2/c16-10-5-3-4-9(8-10)13(20)11-6-1-2-7-12(11)19-15(21)14(17)18/h1-8,14H,(H,19,21). The zero-order valence-corrected chi connectivity index (χ0v) is 12.9. The molecule has 0 unspecified atom stereocenters. The van der Waals surface area contributed by atoms with Crippen molar-refractivity contribution in [1.82, 2.24) is 0 Å². The number of carbonyl (C=O) groups excluding carboxylic acids is 2. The molecule has 0 fully saturated rings. The third kappa shape index (κ3) is 3.97. The molecule has 0 heterocycles. The molecule has 1 amide bonds. The first-order valence-electron chi connectivity index (χ1n) is 5.97. The first kappa shape index (κ1) is 15.8. The second-order valence-electron chi connectivity index (χ2n) is 4.18. The summed E-state index contributed by atoms with van der Waals surface area (Å²) in [7, 11) is 0.